The Bertz CT molecular complexity index is 983. The van der Waals surface area contributed by atoms with Crippen molar-refractivity contribution in [2.24, 2.45) is 0 Å². The number of aromatic nitrogens is 2. The molecule has 1 unspecified atom stereocenters. The molecule has 2 heterocycles. The van der Waals surface area contributed by atoms with Crippen LogP contribution in [0.3, 0.4) is 0 Å². The number of benzene rings is 1. The van der Waals surface area contributed by atoms with Crippen LogP contribution in [0, 0.1) is 20.8 Å². The zero-order valence-electron chi connectivity index (χ0n) is 16.8. The predicted molar refractivity (Wildman–Crippen MR) is 111 cm³/mol. The first-order valence-corrected chi connectivity index (χ1v) is 10.2. The molecule has 5 heteroatoms. The summed E-state index contributed by atoms with van der Waals surface area (Å²) in [5.74, 6) is 0.896. The van der Waals surface area contributed by atoms with E-state index in [0.29, 0.717) is 6.04 Å². The Morgan fingerprint density at radius 1 is 1.30 bits per heavy atom. The molecule has 4 nitrogen and oxygen atoms in total. The Labute approximate surface area is 166 Å². The molecule has 2 aromatic heterocycles. The molecule has 4 rings (SSSR count). The summed E-state index contributed by atoms with van der Waals surface area (Å²) in [5.41, 5.74) is 6.45. The highest BCUT2D eigenvalue weighted by Crippen LogP contribution is 2.34. The molecule has 0 spiro atoms. The number of hydrogen-bond donors (Lipinski definition) is 0. The number of hydrogen-bond acceptors (Lipinski definition) is 3. The minimum atomic E-state index is 0.523. The van der Waals surface area contributed by atoms with Crippen molar-refractivity contribution in [3.05, 3.63) is 45.8 Å². The molecule has 0 amide bonds. The highest BCUT2D eigenvalue weighted by atomic mass is 35.5. The van der Waals surface area contributed by atoms with Gasteiger partial charge in [0.25, 0.3) is 0 Å². The molecule has 1 aromatic carbocycles. The van der Waals surface area contributed by atoms with Crippen LogP contribution in [0.15, 0.2) is 22.6 Å². The van der Waals surface area contributed by atoms with Crippen molar-refractivity contribution in [3.63, 3.8) is 0 Å². The zero-order valence-corrected chi connectivity index (χ0v) is 17.6. The summed E-state index contributed by atoms with van der Waals surface area (Å²) in [6.45, 7) is 8.46. The van der Waals surface area contributed by atoms with Gasteiger partial charge >= 0.3 is 0 Å². The smallest absolute Gasteiger partial charge is 0.225 e. The third-order valence-electron chi connectivity index (χ3n) is 5.99. The van der Waals surface area contributed by atoms with Gasteiger partial charge in [0.2, 0.25) is 5.71 Å². The quantitative estimate of drug-likeness (QED) is 0.554. The van der Waals surface area contributed by atoms with Crippen molar-refractivity contribution in [1.29, 1.82) is 0 Å². The maximum absolute atomic E-state index is 6.24. The van der Waals surface area contributed by atoms with Crippen LogP contribution in [-0.4, -0.2) is 33.6 Å². The van der Waals surface area contributed by atoms with Crippen molar-refractivity contribution in [2.75, 3.05) is 7.05 Å². The van der Waals surface area contributed by atoms with E-state index in [1.165, 1.54) is 18.4 Å². The summed E-state index contributed by atoms with van der Waals surface area (Å²) in [4.78, 5) is 2.54. The fourth-order valence-corrected chi connectivity index (χ4v) is 4.39. The van der Waals surface area contributed by atoms with Gasteiger partial charge in [0, 0.05) is 28.2 Å². The van der Waals surface area contributed by atoms with E-state index in [2.05, 4.69) is 38.8 Å². The number of fused-ring (bicyclic) bond motifs is 1. The lowest BCUT2D eigenvalue weighted by Gasteiger charge is -2.26. The molecule has 1 atom stereocenters. The SMILES string of the molecule is CCC(Cc1c(C)nn2c(-c3ccc(Cl)cc3C)c(C)oc12)N(C)C1CC1. The van der Waals surface area contributed by atoms with E-state index in [1.54, 1.807) is 0 Å². The van der Waals surface area contributed by atoms with Crippen LogP contribution in [0.2, 0.25) is 5.02 Å². The van der Waals surface area contributed by atoms with E-state index in [4.69, 9.17) is 21.1 Å². The molecule has 0 radical (unpaired) electrons. The van der Waals surface area contributed by atoms with Crippen molar-refractivity contribution < 1.29 is 4.42 Å². The molecule has 27 heavy (non-hydrogen) atoms. The average Bonchev–Trinajstić information content (AvgIpc) is 3.37. The number of halogens is 1. The van der Waals surface area contributed by atoms with Crippen molar-refractivity contribution in [3.8, 4) is 11.3 Å². The molecule has 1 fully saturated rings. The van der Waals surface area contributed by atoms with Gasteiger partial charge in [-0.05, 0) is 71.2 Å². The van der Waals surface area contributed by atoms with E-state index in [-0.39, 0.29) is 0 Å². The average molecular weight is 386 g/mol. The molecule has 144 valence electrons. The third kappa shape index (κ3) is 3.30. The summed E-state index contributed by atoms with van der Waals surface area (Å²) in [5, 5.41) is 5.60. The van der Waals surface area contributed by atoms with E-state index < -0.39 is 0 Å². The fraction of sp³-hybridized carbons (Fsp3) is 0.500. The van der Waals surface area contributed by atoms with Gasteiger partial charge in [0.1, 0.15) is 11.5 Å². The largest absolute Gasteiger partial charge is 0.441 e. The first-order chi connectivity index (χ1) is 12.9. The number of oxazole rings is 1. The number of rotatable bonds is 6. The van der Waals surface area contributed by atoms with Gasteiger partial charge in [0.05, 0.1) is 5.69 Å². The Hall–Kier alpha value is -1.78. The topological polar surface area (TPSA) is 33.7 Å². The van der Waals surface area contributed by atoms with Crippen molar-refractivity contribution >= 4 is 17.3 Å². The van der Waals surface area contributed by atoms with Gasteiger partial charge in [-0.3, -0.25) is 0 Å². The third-order valence-corrected chi connectivity index (χ3v) is 6.22. The van der Waals surface area contributed by atoms with Crippen LogP contribution in [0.5, 0.6) is 0 Å². The van der Waals surface area contributed by atoms with Gasteiger partial charge in [-0.25, -0.2) is 0 Å². The van der Waals surface area contributed by atoms with E-state index >= 15 is 0 Å². The molecule has 3 aromatic rings. The second-order valence-corrected chi connectivity index (χ2v) is 8.35. The van der Waals surface area contributed by atoms with Crippen LogP contribution in [0.25, 0.3) is 17.0 Å². The summed E-state index contributed by atoms with van der Waals surface area (Å²) >= 11 is 6.15. The van der Waals surface area contributed by atoms with E-state index in [9.17, 15) is 0 Å². The Kier molecular flexibility index (Phi) is 4.81. The first-order valence-electron chi connectivity index (χ1n) is 9.86. The van der Waals surface area contributed by atoms with Crippen molar-refractivity contribution in [1.82, 2.24) is 14.5 Å². The lowest BCUT2D eigenvalue weighted by Crippen LogP contribution is -2.34. The summed E-state index contributed by atoms with van der Waals surface area (Å²) in [7, 11) is 2.26. The second-order valence-electron chi connectivity index (χ2n) is 7.91. The molecular weight excluding hydrogens is 358 g/mol. The zero-order chi connectivity index (χ0) is 19.3. The van der Waals surface area contributed by atoms with Gasteiger partial charge in [-0.15, -0.1) is 0 Å². The van der Waals surface area contributed by atoms with Crippen LogP contribution in [0.4, 0.5) is 0 Å². The number of nitrogens with zero attached hydrogens (tertiary/aromatic N) is 3. The monoisotopic (exact) mass is 385 g/mol. The fourth-order valence-electron chi connectivity index (χ4n) is 4.16. The first kappa shape index (κ1) is 18.6. The minimum absolute atomic E-state index is 0.523. The Morgan fingerprint density at radius 2 is 2.04 bits per heavy atom. The molecule has 0 N–H and O–H groups in total. The molecule has 0 bridgehead atoms. The molecule has 1 saturated carbocycles. The lowest BCUT2D eigenvalue weighted by atomic mass is 10.0. The number of aryl methyl sites for hydroxylation is 3. The van der Waals surface area contributed by atoms with E-state index in [0.717, 1.165) is 57.9 Å². The van der Waals surface area contributed by atoms with Crippen LogP contribution in [-0.2, 0) is 6.42 Å². The summed E-state index contributed by atoms with van der Waals surface area (Å²) < 4.78 is 8.23. The molecular formula is C22H28ClN3O. The molecule has 1 aliphatic carbocycles. The summed E-state index contributed by atoms with van der Waals surface area (Å²) in [6, 6.07) is 7.25. The standard InChI is InChI=1S/C22H28ClN3O/c1-6-17(25(5)18-8-9-18)12-20-14(3)24-26-21(15(4)27-22(20)26)19-10-7-16(23)11-13(19)2/h7,10-11,17-18H,6,8-9,12H2,1-5H3. The van der Waals surface area contributed by atoms with Crippen LogP contribution < -0.4 is 0 Å². The minimum Gasteiger partial charge on any atom is -0.441 e. The Morgan fingerprint density at radius 3 is 2.67 bits per heavy atom. The maximum atomic E-state index is 6.24. The summed E-state index contributed by atoms with van der Waals surface area (Å²) in [6.07, 6.45) is 4.77. The van der Waals surface area contributed by atoms with E-state index in [1.807, 2.05) is 23.6 Å². The maximum Gasteiger partial charge on any atom is 0.225 e. The normalized spacial score (nSPS) is 15.8. The van der Waals surface area contributed by atoms with Crippen molar-refractivity contribution in [2.45, 2.75) is 65.5 Å². The Balaban J connectivity index is 1.77. The van der Waals surface area contributed by atoms with Crippen LogP contribution >= 0.6 is 11.6 Å². The highest BCUT2D eigenvalue weighted by molar-refractivity contribution is 6.30. The molecule has 1 aliphatic rings. The molecule has 0 aliphatic heterocycles. The highest BCUT2D eigenvalue weighted by Gasteiger charge is 2.32. The predicted octanol–water partition coefficient (Wildman–Crippen LogP) is 5.59. The number of likely N-dealkylation sites (N-methyl/N-ethyl adjacent to an activating group) is 1. The second kappa shape index (κ2) is 6.99. The van der Waals surface area contributed by atoms with Gasteiger partial charge in [-0.2, -0.15) is 9.61 Å². The molecule has 0 saturated heterocycles. The van der Waals surface area contributed by atoms with Crippen LogP contribution in [0.1, 0.15) is 48.8 Å². The van der Waals surface area contributed by atoms with Gasteiger partial charge in [-0.1, -0.05) is 24.6 Å². The van der Waals surface area contributed by atoms with Gasteiger partial charge in [0.15, 0.2) is 0 Å². The lowest BCUT2D eigenvalue weighted by molar-refractivity contribution is 0.224. The van der Waals surface area contributed by atoms with Gasteiger partial charge < -0.3 is 9.32 Å².